The van der Waals surface area contributed by atoms with Gasteiger partial charge in [0.2, 0.25) is 0 Å². The fourth-order valence-electron chi connectivity index (χ4n) is 4.00. The van der Waals surface area contributed by atoms with Crippen molar-refractivity contribution >= 4 is 0 Å². The highest BCUT2D eigenvalue weighted by Gasteiger charge is 2.36. The molecule has 3 rings (SSSR count). The highest BCUT2D eigenvalue weighted by molar-refractivity contribution is 5.22. The molecule has 0 bridgehead atoms. The van der Waals surface area contributed by atoms with E-state index in [0.717, 1.165) is 11.8 Å². The van der Waals surface area contributed by atoms with Crippen molar-refractivity contribution in [2.24, 2.45) is 17.6 Å². The Bertz CT molecular complexity index is 359. The van der Waals surface area contributed by atoms with Crippen molar-refractivity contribution in [2.45, 2.75) is 50.5 Å². The zero-order valence-corrected chi connectivity index (χ0v) is 10.5. The Labute approximate surface area is 104 Å². The molecule has 0 unspecified atom stereocenters. The molecule has 17 heavy (non-hydrogen) atoms. The Hall–Kier alpha value is -0.820. The maximum Gasteiger partial charge on any atom is 0.0111 e. The summed E-state index contributed by atoms with van der Waals surface area (Å²) in [6.45, 7) is 0. The van der Waals surface area contributed by atoms with Crippen LogP contribution in [0.1, 0.15) is 50.0 Å². The van der Waals surface area contributed by atoms with E-state index < -0.39 is 0 Å². The summed E-state index contributed by atoms with van der Waals surface area (Å²) in [5, 5.41) is 0. The van der Waals surface area contributed by atoms with E-state index in [1.165, 1.54) is 44.1 Å². The molecule has 0 heterocycles. The number of hydrogen-bond acceptors (Lipinski definition) is 1. The second kappa shape index (κ2) is 4.81. The molecule has 2 N–H and O–H groups in total. The van der Waals surface area contributed by atoms with Gasteiger partial charge in [-0.15, -0.1) is 0 Å². The van der Waals surface area contributed by atoms with Crippen molar-refractivity contribution < 1.29 is 0 Å². The van der Waals surface area contributed by atoms with Crippen molar-refractivity contribution in [1.82, 2.24) is 0 Å². The minimum atomic E-state index is 0.386. The van der Waals surface area contributed by atoms with Gasteiger partial charge in [0.15, 0.2) is 0 Å². The minimum Gasteiger partial charge on any atom is -0.327 e. The Balaban J connectivity index is 1.78. The van der Waals surface area contributed by atoms with Gasteiger partial charge in [-0.2, -0.15) is 0 Å². The van der Waals surface area contributed by atoms with Gasteiger partial charge < -0.3 is 5.73 Å². The molecule has 2 aliphatic carbocycles. The Morgan fingerprint density at radius 3 is 2.24 bits per heavy atom. The van der Waals surface area contributed by atoms with Gasteiger partial charge in [0.05, 0.1) is 0 Å². The van der Waals surface area contributed by atoms with Gasteiger partial charge in [-0.25, -0.2) is 0 Å². The van der Waals surface area contributed by atoms with Crippen LogP contribution < -0.4 is 5.73 Å². The predicted octanol–water partition coefficient (Wildman–Crippen LogP) is 3.70. The van der Waals surface area contributed by atoms with Crippen LogP contribution in [0.4, 0.5) is 0 Å². The third-order valence-electron chi connectivity index (χ3n) is 4.94. The van der Waals surface area contributed by atoms with E-state index in [2.05, 4.69) is 30.3 Å². The van der Waals surface area contributed by atoms with Crippen LogP contribution in [0.5, 0.6) is 0 Å². The summed E-state index contributed by atoms with van der Waals surface area (Å²) in [5.74, 6) is 2.49. The van der Waals surface area contributed by atoms with Crippen LogP contribution >= 0.6 is 0 Å². The fourth-order valence-corrected chi connectivity index (χ4v) is 4.00. The lowest BCUT2D eigenvalue weighted by molar-refractivity contribution is 0.139. The first-order valence-electron chi connectivity index (χ1n) is 7.15. The molecule has 1 aromatic carbocycles. The minimum absolute atomic E-state index is 0.386. The summed E-state index contributed by atoms with van der Waals surface area (Å²) in [4.78, 5) is 0. The monoisotopic (exact) mass is 229 g/mol. The molecule has 4 atom stereocenters. The van der Waals surface area contributed by atoms with Crippen molar-refractivity contribution in [3.63, 3.8) is 0 Å². The van der Waals surface area contributed by atoms with Gasteiger partial charge in [-0.1, -0.05) is 56.0 Å². The largest absolute Gasteiger partial charge is 0.327 e. The lowest BCUT2D eigenvalue weighted by Gasteiger charge is -2.43. The number of hydrogen-bond donors (Lipinski definition) is 1. The molecule has 0 radical (unpaired) electrons. The lowest BCUT2D eigenvalue weighted by atomic mass is 9.64. The molecule has 1 heteroatoms. The van der Waals surface area contributed by atoms with Crippen molar-refractivity contribution in [3.05, 3.63) is 35.9 Å². The number of benzene rings is 1. The number of nitrogens with two attached hydrogens (primary N) is 1. The molecule has 1 nitrogen and oxygen atoms in total. The Kier molecular flexibility index (Phi) is 3.19. The van der Waals surface area contributed by atoms with Crippen LogP contribution in [-0.4, -0.2) is 6.04 Å². The van der Waals surface area contributed by atoms with Gasteiger partial charge in [0.1, 0.15) is 0 Å². The summed E-state index contributed by atoms with van der Waals surface area (Å²) >= 11 is 0. The second-order valence-corrected chi connectivity index (χ2v) is 5.96. The highest BCUT2D eigenvalue weighted by atomic mass is 14.7. The van der Waals surface area contributed by atoms with E-state index in [9.17, 15) is 0 Å². The average molecular weight is 229 g/mol. The number of fused-ring (bicyclic) bond motifs is 1. The average Bonchev–Trinajstić information content (AvgIpc) is 2.39. The summed E-state index contributed by atoms with van der Waals surface area (Å²) in [5.41, 5.74) is 7.88. The van der Waals surface area contributed by atoms with Crippen LogP contribution in [0.3, 0.4) is 0 Å². The fraction of sp³-hybridized carbons (Fsp3) is 0.625. The molecule has 0 aliphatic heterocycles. The molecular formula is C16H23N. The molecule has 2 aliphatic rings. The molecule has 0 amide bonds. The van der Waals surface area contributed by atoms with Gasteiger partial charge in [-0.3, -0.25) is 0 Å². The number of rotatable bonds is 1. The van der Waals surface area contributed by atoms with Crippen molar-refractivity contribution in [3.8, 4) is 0 Å². The van der Waals surface area contributed by atoms with Gasteiger partial charge >= 0.3 is 0 Å². The molecule has 92 valence electrons. The Morgan fingerprint density at radius 2 is 1.53 bits per heavy atom. The smallest absolute Gasteiger partial charge is 0.0111 e. The topological polar surface area (TPSA) is 26.0 Å². The first-order valence-corrected chi connectivity index (χ1v) is 7.15. The van der Waals surface area contributed by atoms with E-state index in [-0.39, 0.29) is 0 Å². The summed E-state index contributed by atoms with van der Waals surface area (Å²) < 4.78 is 0. The van der Waals surface area contributed by atoms with E-state index >= 15 is 0 Å². The summed E-state index contributed by atoms with van der Waals surface area (Å²) in [6, 6.07) is 11.3. The first kappa shape index (κ1) is 11.3. The van der Waals surface area contributed by atoms with Crippen LogP contribution in [0.25, 0.3) is 0 Å². The van der Waals surface area contributed by atoms with Crippen LogP contribution in [0.15, 0.2) is 30.3 Å². The van der Waals surface area contributed by atoms with Crippen LogP contribution in [0, 0.1) is 11.8 Å². The first-order chi connectivity index (χ1) is 8.34. The normalized spacial score (nSPS) is 37.5. The van der Waals surface area contributed by atoms with Gasteiger partial charge in [-0.05, 0) is 36.2 Å². The second-order valence-electron chi connectivity index (χ2n) is 5.96. The highest BCUT2D eigenvalue weighted by Crippen LogP contribution is 2.45. The lowest BCUT2D eigenvalue weighted by Crippen LogP contribution is -2.40. The molecule has 2 fully saturated rings. The molecule has 2 saturated carbocycles. The van der Waals surface area contributed by atoms with Crippen molar-refractivity contribution in [1.29, 1.82) is 0 Å². The predicted molar refractivity (Wildman–Crippen MR) is 71.8 cm³/mol. The molecule has 0 aromatic heterocycles. The summed E-state index contributed by atoms with van der Waals surface area (Å²) in [7, 11) is 0. The molecule has 0 spiro atoms. The SMILES string of the molecule is N[C@H]1C[C@H]2CCCC[C@@H]2C[C@H]1c1ccccc1. The maximum absolute atomic E-state index is 6.42. The zero-order valence-electron chi connectivity index (χ0n) is 10.5. The third kappa shape index (κ3) is 2.26. The van der Waals surface area contributed by atoms with E-state index in [1.807, 2.05) is 0 Å². The molecular weight excluding hydrogens is 206 g/mol. The van der Waals surface area contributed by atoms with E-state index in [1.54, 1.807) is 0 Å². The maximum atomic E-state index is 6.42. The van der Waals surface area contributed by atoms with E-state index in [0.29, 0.717) is 12.0 Å². The van der Waals surface area contributed by atoms with Crippen LogP contribution in [0.2, 0.25) is 0 Å². The third-order valence-corrected chi connectivity index (χ3v) is 4.94. The Morgan fingerprint density at radius 1 is 0.882 bits per heavy atom. The molecule has 1 aromatic rings. The zero-order chi connectivity index (χ0) is 11.7. The van der Waals surface area contributed by atoms with Crippen molar-refractivity contribution in [2.75, 3.05) is 0 Å². The quantitative estimate of drug-likeness (QED) is 0.780. The molecule has 0 saturated heterocycles. The summed E-state index contributed by atoms with van der Waals surface area (Å²) in [6.07, 6.45) is 8.34. The van der Waals surface area contributed by atoms with E-state index in [4.69, 9.17) is 5.73 Å². The standard InChI is InChI=1S/C16H23N/c17-16-11-14-9-5-4-8-13(14)10-15(16)12-6-2-1-3-7-12/h1-3,6-7,13-16H,4-5,8-11,17H2/t13-,14-,15+,16+/m1/s1. The van der Waals surface area contributed by atoms with Gasteiger partial charge in [0.25, 0.3) is 0 Å². The van der Waals surface area contributed by atoms with Gasteiger partial charge in [0, 0.05) is 6.04 Å². The van der Waals surface area contributed by atoms with Crippen LogP contribution in [-0.2, 0) is 0 Å².